The van der Waals surface area contributed by atoms with Gasteiger partial charge in [-0.05, 0) is 83.2 Å². The summed E-state index contributed by atoms with van der Waals surface area (Å²) in [4.78, 5) is -1.95. The minimum atomic E-state index is -5.30. The second kappa shape index (κ2) is 17.2. The van der Waals surface area contributed by atoms with Crippen LogP contribution in [0.15, 0.2) is 150 Å². The molecule has 54 heavy (non-hydrogen) atoms. The molecule has 0 fully saturated rings. The first-order valence-electron chi connectivity index (χ1n) is 14.9. The van der Waals surface area contributed by atoms with Gasteiger partial charge in [0.25, 0.3) is 10.1 Å². The third-order valence-corrected chi connectivity index (χ3v) is 9.27. The summed E-state index contributed by atoms with van der Waals surface area (Å²) in [6, 6.07) is 28.2. The van der Waals surface area contributed by atoms with Crippen LogP contribution in [0, 0.1) is 0 Å². The van der Waals surface area contributed by atoms with Gasteiger partial charge in [0.15, 0.2) is 0 Å². The molecule has 262 valence electrons. The number of nitrogen functional groups attached to an aromatic ring is 3. The Morgan fingerprint density at radius 2 is 1.00 bits per heavy atom. The summed E-state index contributed by atoms with van der Waals surface area (Å²) in [5, 5.41) is 36.8. The molecule has 0 aliphatic rings. The molecule has 0 aliphatic carbocycles. The average molecular weight is 782 g/mol. The smallest absolute Gasteiger partial charge is 0.870 e. The van der Waals surface area contributed by atoms with Crippen LogP contribution in [0.4, 0.5) is 51.2 Å². The molecule has 7 N–H and O–H groups in total. The first-order valence-corrected chi connectivity index (χ1v) is 17.7. The van der Waals surface area contributed by atoms with E-state index in [1.165, 1.54) is 12.1 Å². The maximum Gasteiger partial charge on any atom is 1.00 e. The predicted molar refractivity (Wildman–Crippen MR) is 192 cm³/mol. The molecule has 0 amide bonds. The number of nitrogens with zero attached hydrogens (tertiary/aromatic N) is 6. The minimum Gasteiger partial charge on any atom is -0.870 e. The van der Waals surface area contributed by atoms with E-state index in [2.05, 4.69) is 30.7 Å². The molecule has 0 saturated carbocycles. The molecular formula is C34H25N9Na2O7S2. The quantitative estimate of drug-likeness (QED) is 0.0713. The molecule has 6 aromatic rings. The number of hydrogen-bond acceptors (Lipinski definition) is 15. The van der Waals surface area contributed by atoms with Gasteiger partial charge in [-0.3, -0.25) is 4.55 Å². The maximum atomic E-state index is 13.6. The molecule has 0 radical (unpaired) electrons. The number of nitrogens with two attached hydrogens (primary N) is 3. The third kappa shape index (κ3) is 9.54. The molecule has 0 saturated heterocycles. The topological polar surface area (TPSA) is 287 Å². The summed E-state index contributed by atoms with van der Waals surface area (Å²) in [5.74, 6) is -1.12. The van der Waals surface area contributed by atoms with Crippen LogP contribution in [0.2, 0.25) is 0 Å². The van der Waals surface area contributed by atoms with Crippen LogP contribution in [0.3, 0.4) is 0 Å². The van der Waals surface area contributed by atoms with E-state index in [-0.39, 0.29) is 75.9 Å². The molecule has 0 aliphatic heterocycles. The summed E-state index contributed by atoms with van der Waals surface area (Å²) in [6.45, 7) is 0. The van der Waals surface area contributed by atoms with E-state index in [1.54, 1.807) is 72.8 Å². The molecule has 0 aromatic heterocycles. The molecule has 0 bridgehead atoms. The average Bonchev–Trinajstić information content (AvgIpc) is 3.11. The van der Waals surface area contributed by atoms with Gasteiger partial charge in [-0.2, -0.15) is 28.9 Å². The van der Waals surface area contributed by atoms with Crippen molar-refractivity contribution in [3.05, 3.63) is 109 Å². The fraction of sp³-hybridized carbons (Fsp3) is 0. The molecule has 0 unspecified atom stereocenters. The summed E-state index contributed by atoms with van der Waals surface area (Å²) in [7, 11) is -10.4. The molecule has 16 nitrogen and oxygen atoms in total. The molecule has 0 heterocycles. The van der Waals surface area contributed by atoms with Crippen molar-refractivity contribution in [3.8, 4) is 16.9 Å². The SMILES string of the molecule is Nc1ccc(N=Nc2ccc(-c3ccc(N=Nc4c(S(=O)(=O)[O-])cc5cc(S(=O)(=O)O)c(N=Nc6ccccc6)c([O-])c5c4N)cc3)cc2)cc1N.[Na+].[Na+]. The fourth-order valence-corrected chi connectivity index (χ4v) is 6.28. The Balaban J connectivity index is 0.00000325. The Morgan fingerprint density at radius 3 is 1.52 bits per heavy atom. The standard InChI is InChI=1S/C34H27N9O7S2.2Na/c35-26-15-14-25(18-27(26)36)41-38-23-10-6-19(7-11-23)20-8-12-24(13-9-20)40-42-32-28(51(45,46)47)16-21-17-29(52(48,49)50)33(34(44)30(21)31(32)37)43-39-22-4-2-1-3-5-22;;/h1-18,44H,35-37H2,(H,45,46,47)(H,48,49,50);;/q;2*+1/p-2. The van der Waals surface area contributed by atoms with E-state index in [0.29, 0.717) is 22.7 Å². The Hall–Kier alpha value is -4.60. The van der Waals surface area contributed by atoms with Crippen LogP contribution >= 0.6 is 0 Å². The van der Waals surface area contributed by atoms with Crippen LogP contribution in [-0.2, 0) is 20.2 Å². The zero-order chi connectivity index (χ0) is 37.2. The third-order valence-electron chi connectivity index (χ3n) is 7.55. The van der Waals surface area contributed by atoms with Crippen LogP contribution < -0.4 is 81.4 Å². The van der Waals surface area contributed by atoms with Gasteiger partial charge in [0, 0.05) is 5.39 Å². The first kappa shape index (κ1) is 42.1. The molecular weight excluding hydrogens is 757 g/mol. The van der Waals surface area contributed by atoms with Crippen LogP contribution in [0.1, 0.15) is 0 Å². The van der Waals surface area contributed by atoms with Crippen molar-refractivity contribution >= 4 is 82.2 Å². The maximum absolute atomic E-state index is 13.6. The first-order chi connectivity index (χ1) is 24.7. The van der Waals surface area contributed by atoms with E-state index in [1.807, 2.05) is 12.1 Å². The van der Waals surface area contributed by atoms with Gasteiger partial charge in [0.1, 0.15) is 20.7 Å². The normalized spacial score (nSPS) is 12.0. The molecule has 0 spiro atoms. The summed E-state index contributed by atoms with van der Waals surface area (Å²) in [5.41, 5.74) is 19.8. The van der Waals surface area contributed by atoms with Crippen molar-refractivity contribution in [2.45, 2.75) is 9.79 Å². The van der Waals surface area contributed by atoms with Gasteiger partial charge in [0.2, 0.25) is 0 Å². The number of benzene rings is 6. The number of hydrogen-bond donors (Lipinski definition) is 4. The van der Waals surface area contributed by atoms with Crippen molar-refractivity contribution in [3.63, 3.8) is 0 Å². The Morgan fingerprint density at radius 1 is 0.537 bits per heavy atom. The van der Waals surface area contributed by atoms with Gasteiger partial charge in [-0.25, -0.2) is 8.42 Å². The second-order valence-corrected chi connectivity index (χ2v) is 13.8. The number of anilines is 3. The zero-order valence-electron chi connectivity index (χ0n) is 28.5. The predicted octanol–water partition coefficient (Wildman–Crippen LogP) is 1.73. The van der Waals surface area contributed by atoms with Gasteiger partial charge in [-0.15, -0.1) is 10.2 Å². The summed E-state index contributed by atoms with van der Waals surface area (Å²) in [6.07, 6.45) is 0. The van der Waals surface area contributed by atoms with Crippen molar-refractivity contribution in [1.82, 2.24) is 0 Å². The van der Waals surface area contributed by atoms with E-state index in [0.717, 1.165) is 23.3 Å². The van der Waals surface area contributed by atoms with Gasteiger partial charge < -0.3 is 26.9 Å². The second-order valence-electron chi connectivity index (χ2n) is 11.1. The zero-order valence-corrected chi connectivity index (χ0v) is 34.2. The molecule has 6 rings (SSSR count). The molecule has 20 heteroatoms. The van der Waals surface area contributed by atoms with Crippen LogP contribution in [0.25, 0.3) is 21.9 Å². The summed E-state index contributed by atoms with van der Waals surface area (Å²) < 4.78 is 71.2. The van der Waals surface area contributed by atoms with Gasteiger partial charge in [0.05, 0.1) is 50.4 Å². The number of azo groups is 3. The number of fused-ring (bicyclic) bond motifs is 1. The Bertz CT molecular complexity index is 2660. The van der Waals surface area contributed by atoms with Crippen molar-refractivity contribution in [2.24, 2.45) is 30.7 Å². The van der Waals surface area contributed by atoms with E-state index >= 15 is 0 Å². The van der Waals surface area contributed by atoms with E-state index in [9.17, 15) is 31.0 Å². The minimum absolute atomic E-state index is 0. The van der Waals surface area contributed by atoms with Gasteiger partial charge >= 0.3 is 59.1 Å². The fourth-order valence-electron chi connectivity index (χ4n) is 4.97. The van der Waals surface area contributed by atoms with E-state index in [4.69, 9.17) is 17.2 Å². The van der Waals surface area contributed by atoms with Crippen molar-refractivity contribution in [2.75, 3.05) is 17.2 Å². The van der Waals surface area contributed by atoms with Gasteiger partial charge in [-0.1, -0.05) is 48.2 Å². The Labute approximate surface area is 353 Å². The molecule has 0 atom stereocenters. The molecule has 6 aromatic carbocycles. The van der Waals surface area contributed by atoms with Crippen molar-refractivity contribution in [1.29, 1.82) is 0 Å². The van der Waals surface area contributed by atoms with E-state index < -0.39 is 58.2 Å². The Kier molecular flexibility index (Phi) is 13.5. The summed E-state index contributed by atoms with van der Waals surface area (Å²) >= 11 is 0. The largest absolute Gasteiger partial charge is 1.00 e. The van der Waals surface area contributed by atoms with Crippen LogP contribution in [0.5, 0.6) is 5.75 Å². The number of rotatable bonds is 9. The van der Waals surface area contributed by atoms with Crippen molar-refractivity contribution < 1.29 is 90.2 Å². The van der Waals surface area contributed by atoms with Crippen LogP contribution in [-0.4, -0.2) is 25.9 Å². The monoisotopic (exact) mass is 781 g/mol.